The summed E-state index contributed by atoms with van der Waals surface area (Å²) < 4.78 is 0. The maximum atomic E-state index is 3.68. The smallest absolute Gasteiger partial charge is 0.000826 e. The zero-order chi connectivity index (χ0) is 11.6. The zero-order valence-corrected chi connectivity index (χ0v) is 11.2. The third-order valence-electron chi connectivity index (χ3n) is 3.81. The van der Waals surface area contributed by atoms with Crippen LogP contribution >= 0.6 is 0 Å². The number of nitrogens with one attached hydrogen (secondary N) is 2. The molecule has 2 atom stereocenters. The van der Waals surface area contributed by atoms with E-state index in [1.807, 2.05) is 0 Å². The van der Waals surface area contributed by atoms with Gasteiger partial charge >= 0.3 is 0 Å². The van der Waals surface area contributed by atoms with Gasteiger partial charge in [0.15, 0.2) is 0 Å². The molecule has 0 aromatic heterocycles. The first-order valence-corrected chi connectivity index (χ1v) is 7.28. The van der Waals surface area contributed by atoms with Crippen molar-refractivity contribution in [1.82, 2.24) is 10.6 Å². The summed E-state index contributed by atoms with van der Waals surface area (Å²) in [5.74, 6) is 1.77. The van der Waals surface area contributed by atoms with Gasteiger partial charge in [-0.2, -0.15) is 0 Å². The molecule has 0 bridgehead atoms. The lowest BCUT2D eigenvalue weighted by atomic mass is 9.97. The van der Waals surface area contributed by atoms with Gasteiger partial charge in [-0.15, -0.1) is 0 Å². The van der Waals surface area contributed by atoms with E-state index in [1.165, 1.54) is 64.7 Å². The Morgan fingerprint density at radius 2 is 2.25 bits per heavy atom. The fraction of sp³-hybridized carbons (Fsp3) is 1.00. The van der Waals surface area contributed by atoms with Crippen molar-refractivity contribution in [1.29, 1.82) is 0 Å². The largest absolute Gasteiger partial charge is 0.316 e. The molecule has 16 heavy (non-hydrogen) atoms. The summed E-state index contributed by atoms with van der Waals surface area (Å²) in [5.41, 5.74) is 0. The predicted octanol–water partition coefficient (Wildman–Crippen LogP) is 2.79. The van der Waals surface area contributed by atoms with Crippen molar-refractivity contribution in [3.63, 3.8) is 0 Å². The maximum Gasteiger partial charge on any atom is -0.000826 e. The molecule has 0 aliphatic carbocycles. The van der Waals surface area contributed by atoms with Gasteiger partial charge in [-0.05, 0) is 57.3 Å². The van der Waals surface area contributed by atoms with Crippen LogP contribution in [0.3, 0.4) is 0 Å². The lowest BCUT2D eigenvalue weighted by molar-refractivity contribution is 0.339. The molecule has 1 aliphatic rings. The number of rotatable bonds is 8. The van der Waals surface area contributed by atoms with Gasteiger partial charge in [0.05, 0.1) is 0 Å². The molecule has 1 aliphatic heterocycles. The Hall–Kier alpha value is -0.0800. The SMILES string of the molecule is CCCCC(CC)CNCC1CCCNC1. The van der Waals surface area contributed by atoms with Crippen LogP contribution in [0.2, 0.25) is 0 Å². The molecule has 0 amide bonds. The minimum atomic E-state index is 0.873. The van der Waals surface area contributed by atoms with Crippen LogP contribution in [0.4, 0.5) is 0 Å². The third kappa shape index (κ3) is 5.86. The van der Waals surface area contributed by atoms with Crippen LogP contribution < -0.4 is 10.6 Å². The third-order valence-corrected chi connectivity index (χ3v) is 3.81. The van der Waals surface area contributed by atoms with E-state index in [9.17, 15) is 0 Å². The summed E-state index contributed by atoms with van der Waals surface area (Å²) in [4.78, 5) is 0. The first kappa shape index (κ1) is 14.0. The highest BCUT2D eigenvalue weighted by Gasteiger charge is 2.13. The van der Waals surface area contributed by atoms with Crippen LogP contribution in [-0.2, 0) is 0 Å². The predicted molar refractivity (Wildman–Crippen MR) is 71.8 cm³/mol. The van der Waals surface area contributed by atoms with E-state index in [0.29, 0.717) is 0 Å². The topological polar surface area (TPSA) is 24.1 Å². The van der Waals surface area contributed by atoms with Crippen molar-refractivity contribution in [2.24, 2.45) is 11.8 Å². The van der Waals surface area contributed by atoms with Gasteiger partial charge in [0.2, 0.25) is 0 Å². The molecule has 1 fully saturated rings. The number of hydrogen-bond donors (Lipinski definition) is 2. The van der Waals surface area contributed by atoms with Crippen molar-refractivity contribution in [2.45, 2.75) is 52.4 Å². The van der Waals surface area contributed by atoms with E-state index < -0.39 is 0 Å². The molecule has 0 radical (unpaired) electrons. The molecule has 0 spiro atoms. The Kier molecular flexibility index (Phi) is 7.87. The Morgan fingerprint density at radius 1 is 1.38 bits per heavy atom. The van der Waals surface area contributed by atoms with Crippen molar-refractivity contribution in [2.75, 3.05) is 26.2 Å². The molecule has 0 aromatic rings. The first-order chi connectivity index (χ1) is 7.86. The van der Waals surface area contributed by atoms with Crippen LogP contribution in [-0.4, -0.2) is 26.2 Å². The van der Waals surface area contributed by atoms with Crippen LogP contribution in [0, 0.1) is 11.8 Å². The van der Waals surface area contributed by atoms with E-state index >= 15 is 0 Å². The summed E-state index contributed by atoms with van der Waals surface area (Å²) in [6.07, 6.45) is 8.23. The highest BCUT2D eigenvalue weighted by molar-refractivity contribution is 4.72. The molecular weight excluding hydrogens is 196 g/mol. The summed E-state index contributed by atoms with van der Waals surface area (Å²) in [6.45, 7) is 9.50. The van der Waals surface area contributed by atoms with Gasteiger partial charge in [-0.1, -0.05) is 33.1 Å². The lowest BCUT2D eigenvalue weighted by Gasteiger charge is -2.24. The van der Waals surface area contributed by atoms with Gasteiger partial charge in [0.1, 0.15) is 0 Å². The summed E-state index contributed by atoms with van der Waals surface area (Å²) in [7, 11) is 0. The minimum Gasteiger partial charge on any atom is -0.316 e. The Bertz CT molecular complexity index is 153. The molecule has 1 heterocycles. The van der Waals surface area contributed by atoms with Gasteiger partial charge in [-0.25, -0.2) is 0 Å². The Labute approximate surface area is 102 Å². The lowest BCUT2D eigenvalue weighted by Crippen LogP contribution is -2.37. The molecule has 1 saturated heterocycles. The second-order valence-electron chi connectivity index (χ2n) is 5.29. The van der Waals surface area contributed by atoms with E-state index in [4.69, 9.17) is 0 Å². The number of piperidine rings is 1. The number of hydrogen-bond acceptors (Lipinski definition) is 2. The van der Waals surface area contributed by atoms with Gasteiger partial charge < -0.3 is 10.6 Å². The normalized spacial score (nSPS) is 23.2. The second kappa shape index (κ2) is 9.00. The molecule has 2 N–H and O–H groups in total. The number of unbranched alkanes of at least 4 members (excludes halogenated alkanes) is 1. The van der Waals surface area contributed by atoms with Gasteiger partial charge in [0.25, 0.3) is 0 Å². The van der Waals surface area contributed by atoms with Gasteiger partial charge in [0, 0.05) is 0 Å². The minimum absolute atomic E-state index is 0.873. The second-order valence-corrected chi connectivity index (χ2v) is 5.29. The fourth-order valence-corrected chi connectivity index (χ4v) is 2.53. The van der Waals surface area contributed by atoms with Crippen LogP contribution in [0.15, 0.2) is 0 Å². The maximum absolute atomic E-state index is 3.68. The summed E-state index contributed by atoms with van der Waals surface area (Å²) >= 11 is 0. The van der Waals surface area contributed by atoms with Crippen molar-refractivity contribution in [3.8, 4) is 0 Å². The first-order valence-electron chi connectivity index (χ1n) is 7.28. The summed E-state index contributed by atoms with van der Waals surface area (Å²) in [6, 6.07) is 0. The van der Waals surface area contributed by atoms with Crippen molar-refractivity contribution >= 4 is 0 Å². The Balaban J connectivity index is 2.02. The monoisotopic (exact) mass is 226 g/mol. The van der Waals surface area contributed by atoms with E-state index in [1.54, 1.807) is 0 Å². The summed E-state index contributed by atoms with van der Waals surface area (Å²) in [5, 5.41) is 7.16. The van der Waals surface area contributed by atoms with Crippen LogP contribution in [0.1, 0.15) is 52.4 Å². The van der Waals surface area contributed by atoms with Crippen molar-refractivity contribution in [3.05, 3.63) is 0 Å². The van der Waals surface area contributed by atoms with E-state index in [-0.39, 0.29) is 0 Å². The van der Waals surface area contributed by atoms with E-state index in [0.717, 1.165) is 11.8 Å². The van der Waals surface area contributed by atoms with Gasteiger partial charge in [-0.3, -0.25) is 0 Å². The highest BCUT2D eigenvalue weighted by Crippen LogP contribution is 2.12. The average Bonchev–Trinajstić information content (AvgIpc) is 2.35. The highest BCUT2D eigenvalue weighted by atomic mass is 14.9. The molecule has 2 unspecified atom stereocenters. The molecule has 1 rings (SSSR count). The van der Waals surface area contributed by atoms with Crippen LogP contribution in [0.25, 0.3) is 0 Å². The molecule has 2 heteroatoms. The zero-order valence-electron chi connectivity index (χ0n) is 11.2. The molecule has 2 nitrogen and oxygen atoms in total. The molecule has 0 aromatic carbocycles. The Morgan fingerprint density at radius 3 is 2.88 bits per heavy atom. The standard InChI is InChI=1S/C14H30N2/c1-3-5-7-13(4-2)10-16-12-14-8-6-9-15-11-14/h13-16H,3-12H2,1-2H3. The quantitative estimate of drug-likeness (QED) is 0.665. The van der Waals surface area contributed by atoms with Crippen LogP contribution in [0.5, 0.6) is 0 Å². The molecule has 96 valence electrons. The van der Waals surface area contributed by atoms with E-state index in [2.05, 4.69) is 24.5 Å². The average molecular weight is 226 g/mol. The molecular formula is C14H30N2. The molecule has 0 saturated carbocycles. The van der Waals surface area contributed by atoms with Crippen molar-refractivity contribution < 1.29 is 0 Å². The fourth-order valence-electron chi connectivity index (χ4n) is 2.53.